The second kappa shape index (κ2) is 8.37. The van der Waals surface area contributed by atoms with Crippen LogP contribution in [0.2, 0.25) is 0 Å². The number of amides is 1. The fourth-order valence-corrected chi connectivity index (χ4v) is 4.09. The van der Waals surface area contributed by atoms with Gasteiger partial charge in [0.25, 0.3) is 0 Å². The largest absolute Gasteiger partial charge is 0.368 e. The number of nitrogens with zero attached hydrogens (tertiary/aromatic N) is 4. The third-order valence-corrected chi connectivity index (χ3v) is 5.59. The van der Waals surface area contributed by atoms with Crippen molar-refractivity contribution in [1.82, 2.24) is 9.97 Å². The maximum atomic E-state index is 12.3. The van der Waals surface area contributed by atoms with Crippen molar-refractivity contribution in [3.8, 4) is 0 Å². The molecule has 1 saturated carbocycles. The highest BCUT2D eigenvalue weighted by molar-refractivity contribution is 5.90. The predicted octanol–water partition coefficient (Wildman–Crippen LogP) is 3.32. The highest BCUT2D eigenvalue weighted by atomic mass is 16.1. The molecule has 1 saturated heterocycles. The summed E-state index contributed by atoms with van der Waals surface area (Å²) in [4.78, 5) is 25.6. The molecule has 1 aromatic carbocycles. The van der Waals surface area contributed by atoms with Crippen LogP contribution >= 0.6 is 0 Å². The fraction of sp³-hybridized carbons (Fsp3) is 0.476. The number of carbonyl (C=O) groups is 1. The molecule has 1 N–H and O–H groups in total. The summed E-state index contributed by atoms with van der Waals surface area (Å²) in [7, 11) is 0. The molecule has 0 radical (unpaired) electrons. The van der Waals surface area contributed by atoms with E-state index >= 15 is 0 Å². The molecule has 0 spiro atoms. The monoisotopic (exact) mass is 365 g/mol. The standard InChI is InChI=1S/C21H27N5O/c27-21(14-17-6-4-5-7-17)24-19-15-20(23-16-22-19)26-12-10-25(11-13-26)18-8-2-1-3-9-18/h1-3,8-9,15-17H,4-7,10-14H2,(H,22,23,24,27). The molecular weight excluding hydrogens is 338 g/mol. The van der Waals surface area contributed by atoms with Gasteiger partial charge in [0.1, 0.15) is 18.0 Å². The van der Waals surface area contributed by atoms with Crippen molar-refractivity contribution in [2.24, 2.45) is 5.92 Å². The molecule has 2 aliphatic rings. The number of nitrogens with one attached hydrogen (secondary N) is 1. The zero-order valence-electron chi connectivity index (χ0n) is 15.7. The summed E-state index contributed by atoms with van der Waals surface area (Å²) in [5.74, 6) is 2.10. The highest BCUT2D eigenvalue weighted by Crippen LogP contribution is 2.28. The number of hydrogen-bond donors (Lipinski definition) is 1. The Bertz CT molecular complexity index is 752. The van der Waals surface area contributed by atoms with E-state index in [0.717, 1.165) is 32.0 Å². The highest BCUT2D eigenvalue weighted by Gasteiger charge is 2.20. The van der Waals surface area contributed by atoms with Gasteiger partial charge in [-0.3, -0.25) is 4.79 Å². The van der Waals surface area contributed by atoms with E-state index in [1.165, 1.54) is 31.4 Å². The van der Waals surface area contributed by atoms with E-state index in [-0.39, 0.29) is 5.91 Å². The molecule has 142 valence electrons. The maximum Gasteiger partial charge on any atom is 0.225 e. The first kappa shape index (κ1) is 17.8. The van der Waals surface area contributed by atoms with Crippen LogP contribution in [0.1, 0.15) is 32.1 Å². The Morgan fingerprint density at radius 1 is 1.00 bits per heavy atom. The molecule has 6 nitrogen and oxygen atoms in total. The minimum absolute atomic E-state index is 0.0699. The molecule has 6 heteroatoms. The number of rotatable bonds is 5. The number of benzene rings is 1. The average Bonchev–Trinajstić information content (AvgIpc) is 3.22. The van der Waals surface area contributed by atoms with Crippen molar-refractivity contribution in [3.63, 3.8) is 0 Å². The summed E-state index contributed by atoms with van der Waals surface area (Å²) in [6.07, 6.45) is 7.01. The molecule has 4 rings (SSSR count). The smallest absolute Gasteiger partial charge is 0.225 e. The van der Waals surface area contributed by atoms with E-state index in [1.807, 2.05) is 12.1 Å². The van der Waals surface area contributed by atoms with Crippen molar-refractivity contribution < 1.29 is 4.79 Å². The van der Waals surface area contributed by atoms with Crippen LogP contribution in [-0.2, 0) is 4.79 Å². The van der Waals surface area contributed by atoms with Gasteiger partial charge >= 0.3 is 0 Å². The Labute approximate surface area is 160 Å². The van der Waals surface area contributed by atoms with Crippen LogP contribution in [-0.4, -0.2) is 42.1 Å². The van der Waals surface area contributed by atoms with Crippen LogP contribution < -0.4 is 15.1 Å². The van der Waals surface area contributed by atoms with Crippen LogP contribution in [0.25, 0.3) is 0 Å². The van der Waals surface area contributed by atoms with Crippen LogP contribution in [0.5, 0.6) is 0 Å². The topological polar surface area (TPSA) is 61.4 Å². The quantitative estimate of drug-likeness (QED) is 0.881. The summed E-state index contributed by atoms with van der Waals surface area (Å²) >= 11 is 0. The van der Waals surface area contributed by atoms with Crippen molar-refractivity contribution >= 4 is 23.2 Å². The van der Waals surface area contributed by atoms with E-state index in [0.29, 0.717) is 18.2 Å². The van der Waals surface area contributed by atoms with Gasteiger partial charge in [-0.25, -0.2) is 9.97 Å². The van der Waals surface area contributed by atoms with E-state index in [4.69, 9.17) is 0 Å². The Morgan fingerprint density at radius 3 is 2.44 bits per heavy atom. The van der Waals surface area contributed by atoms with Gasteiger partial charge in [-0.15, -0.1) is 0 Å². The molecule has 0 unspecified atom stereocenters. The Balaban J connectivity index is 1.33. The van der Waals surface area contributed by atoms with Gasteiger partial charge in [0, 0.05) is 44.4 Å². The molecular formula is C21H27N5O. The first-order valence-electron chi connectivity index (χ1n) is 9.95. The molecule has 1 aliphatic carbocycles. The lowest BCUT2D eigenvalue weighted by molar-refractivity contribution is -0.117. The second-order valence-electron chi connectivity index (χ2n) is 7.47. The first-order valence-corrected chi connectivity index (χ1v) is 9.95. The average molecular weight is 365 g/mol. The summed E-state index contributed by atoms with van der Waals surface area (Å²) < 4.78 is 0. The van der Waals surface area contributed by atoms with Crippen LogP contribution in [0.15, 0.2) is 42.7 Å². The molecule has 1 aromatic heterocycles. The molecule has 0 bridgehead atoms. The first-order chi connectivity index (χ1) is 13.3. The predicted molar refractivity (Wildman–Crippen MR) is 108 cm³/mol. The number of anilines is 3. The number of aromatic nitrogens is 2. The van der Waals surface area contributed by atoms with Gasteiger partial charge in [-0.1, -0.05) is 31.0 Å². The number of carbonyl (C=O) groups excluding carboxylic acids is 1. The second-order valence-corrected chi connectivity index (χ2v) is 7.47. The summed E-state index contributed by atoms with van der Waals surface area (Å²) in [6, 6.07) is 12.4. The fourth-order valence-electron chi connectivity index (χ4n) is 4.09. The maximum absolute atomic E-state index is 12.3. The lowest BCUT2D eigenvalue weighted by atomic mass is 10.0. The summed E-state index contributed by atoms with van der Waals surface area (Å²) in [6.45, 7) is 3.72. The zero-order valence-corrected chi connectivity index (χ0v) is 15.7. The van der Waals surface area contributed by atoms with Gasteiger partial charge < -0.3 is 15.1 Å². The van der Waals surface area contributed by atoms with Crippen LogP contribution in [0, 0.1) is 5.92 Å². The van der Waals surface area contributed by atoms with Crippen LogP contribution in [0.3, 0.4) is 0 Å². The third kappa shape index (κ3) is 4.56. The van der Waals surface area contributed by atoms with E-state index in [1.54, 1.807) is 6.33 Å². The zero-order chi connectivity index (χ0) is 18.5. The Morgan fingerprint density at radius 2 is 1.70 bits per heavy atom. The van der Waals surface area contributed by atoms with Crippen molar-refractivity contribution in [1.29, 1.82) is 0 Å². The lowest BCUT2D eigenvalue weighted by Gasteiger charge is -2.36. The minimum atomic E-state index is 0.0699. The van der Waals surface area contributed by atoms with Gasteiger partial charge in [0.05, 0.1) is 0 Å². The molecule has 0 atom stereocenters. The normalized spacial score (nSPS) is 17.9. The van der Waals surface area contributed by atoms with E-state index in [9.17, 15) is 4.79 Å². The number of piperazine rings is 1. The van der Waals surface area contributed by atoms with Gasteiger partial charge in [0.2, 0.25) is 5.91 Å². The Hall–Kier alpha value is -2.63. The molecule has 2 aromatic rings. The molecule has 2 fully saturated rings. The Kier molecular flexibility index (Phi) is 5.51. The van der Waals surface area contributed by atoms with E-state index < -0.39 is 0 Å². The molecule has 2 heterocycles. The van der Waals surface area contributed by atoms with Crippen molar-refractivity contribution in [3.05, 3.63) is 42.7 Å². The molecule has 27 heavy (non-hydrogen) atoms. The van der Waals surface area contributed by atoms with Crippen molar-refractivity contribution in [2.75, 3.05) is 41.3 Å². The molecule has 1 aliphatic heterocycles. The van der Waals surface area contributed by atoms with Crippen LogP contribution in [0.4, 0.5) is 17.3 Å². The van der Waals surface area contributed by atoms with Gasteiger partial charge in [-0.2, -0.15) is 0 Å². The third-order valence-electron chi connectivity index (χ3n) is 5.59. The van der Waals surface area contributed by atoms with E-state index in [2.05, 4.69) is 49.4 Å². The summed E-state index contributed by atoms with van der Waals surface area (Å²) in [5, 5.41) is 2.96. The summed E-state index contributed by atoms with van der Waals surface area (Å²) in [5.41, 5.74) is 1.26. The molecule has 1 amide bonds. The SMILES string of the molecule is O=C(CC1CCCC1)Nc1cc(N2CCN(c3ccccc3)CC2)ncn1. The van der Waals surface area contributed by atoms with Gasteiger partial charge in [0.15, 0.2) is 0 Å². The number of hydrogen-bond acceptors (Lipinski definition) is 5. The van der Waals surface area contributed by atoms with Gasteiger partial charge in [-0.05, 0) is 30.9 Å². The number of para-hydroxylation sites is 1. The lowest BCUT2D eigenvalue weighted by Crippen LogP contribution is -2.46. The van der Waals surface area contributed by atoms with Crippen molar-refractivity contribution in [2.45, 2.75) is 32.1 Å². The minimum Gasteiger partial charge on any atom is -0.368 e.